The van der Waals surface area contributed by atoms with Crippen molar-refractivity contribution in [3.8, 4) is 5.75 Å². The second-order valence-electron chi connectivity index (χ2n) is 9.39. The topological polar surface area (TPSA) is 115 Å². The summed E-state index contributed by atoms with van der Waals surface area (Å²) in [6, 6.07) is 7.02. The molecule has 0 saturated heterocycles. The largest absolute Gasteiger partial charge is 0.507 e. The molecule has 2 heterocycles. The first-order valence-corrected chi connectivity index (χ1v) is 12.1. The van der Waals surface area contributed by atoms with Crippen LogP contribution >= 0.6 is 0 Å². The fourth-order valence-electron chi connectivity index (χ4n) is 3.66. The first kappa shape index (κ1) is 23.9. The molecule has 0 amide bonds. The fraction of sp³-hybridized carbons (Fsp3) is 0.435. The summed E-state index contributed by atoms with van der Waals surface area (Å²) >= 11 is 0. The predicted octanol–water partition coefficient (Wildman–Crippen LogP) is 2.81. The van der Waals surface area contributed by atoms with Crippen molar-refractivity contribution in [1.82, 2.24) is 14.2 Å². The second kappa shape index (κ2) is 8.29. The minimum atomic E-state index is -3.47. The van der Waals surface area contributed by atoms with E-state index in [9.17, 15) is 18.3 Å². The number of nitrogens with one attached hydrogen (secondary N) is 1. The molecule has 0 aliphatic carbocycles. The number of aromatic nitrogens is 1. The molecule has 2 aromatic rings. The van der Waals surface area contributed by atoms with Gasteiger partial charge in [-0.15, -0.1) is 0 Å². The lowest BCUT2D eigenvalue weighted by Gasteiger charge is -2.25. The van der Waals surface area contributed by atoms with Crippen LogP contribution in [0.2, 0.25) is 0 Å². The molecule has 2 N–H and O–H groups in total. The Hall–Kier alpha value is -2.78. The van der Waals surface area contributed by atoms with Gasteiger partial charge in [0.2, 0.25) is 10.0 Å². The van der Waals surface area contributed by atoms with Crippen LogP contribution in [0.1, 0.15) is 59.2 Å². The summed E-state index contributed by atoms with van der Waals surface area (Å²) in [5, 5.41) is 19.2. The van der Waals surface area contributed by atoms with Crippen LogP contribution in [-0.2, 0) is 28.5 Å². The van der Waals surface area contributed by atoms with Crippen LogP contribution < -0.4 is 0 Å². The Morgan fingerprint density at radius 1 is 1.28 bits per heavy atom. The van der Waals surface area contributed by atoms with Crippen LogP contribution in [0.5, 0.6) is 5.75 Å². The SMILES string of the molecule is Cc1ccc2c(n1)C(=N)N(CC(=O)c1cc(CN(C)S(C)(=O)=O)c(O)c(C(C)(C)C)c1)C2. The Balaban J connectivity index is 1.94. The number of benzene rings is 1. The normalized spacial score (nSPS) is 14.2. The Morgan fingerprint density at radius 3 is 2.53 bits per heavy atom. The van der Waals surface area contributed by atoms with E-state index in [1.165, 1.54) is 7.05 Å². The predicted molar refractivity (Wildman–Crippen MR) is 124 cm³/mol. The van der Waals surface area contributed by atoms with Gasteiger partial charge in [-0.05, 0) is 30.5 Å². The van der Waals surface area contributed by atoms with Crippen molar-refractivity contribution in [1.29, 1.82) is 5.41 Å². The maximum Gasteiger partial charge on any atom is 0.211 e. The highest BCUT2D eigenvalue weighted by Crippen LogP contribution is 2.35. The molecule has 172 valence electrons. The highest BCUT2D eigenvalue weighted by molar-refractivity contribution is 7.88. The number of hydrogen-bond donors (Lipinski definition) is 2. The van der Waals surface area contributed by atoms with Crippen molar-refractivity contribution in [3.63, 3.8) is 0 Å². The van der Waals surface area contributed by atoms with E-state index in [0.29, 0.717) is 28.9 Å². The number of pyridine rings is 1. The number of aromatic hydroxyl groups is 1. The van der Waals surface area contributed by atoms with Gasteiger partial charge >= 0.3 is 0 Å². The lowest BCUT2D eigenvalue weighted by Crippen LogP contribution is -2.31. The van der Waals surface area contributed by atoms with Gasteiger partial charge < -0.3 is 10.0 Å². The highest BCUT2D eigenvalue weighted by Gasteiger charge is 2.29. The Labute approximate surface area is 189 Å². The van der Waals surface area contributed by atoms with Gasteiger partial charge in [-0.1, -0.05) is 26.8 Å². The molecule has 0 saturated carbocycles. The van der Waals surface area contributed by atoms with Crippen molar-refractivity contribution in [3.05, 3.63) is 57.9 Å². The lowest BCUT2D eigenvalue weighted by molar-refractivity contribution is 0.0962. The summed E-state index contributed by atoms with van der Waals surface area (Å²) in [5.74, 6) is -0.0116. The van der Waals surface area contributed by atoms with Crippen molar-refractivity contribution in [2.24, 2.45) is 0 Å². The molecule has 1 aliphatic rings. The zero-order valence-corrected chi connectivity index (χ0v) is 20.2. The lowest BCUT2D eigenvalue weighted by atomic mass is 9.83. The van der Waals surface area contributed by atoms with Gasteiger partial charge in [0.05, 0.1) is 12.8 Å². The minimum absolute atomic E-state index is 0.00875. The van der Waals surface area contributed by atoms with Gasteiger partial charge in [0.15, 0.2) is 5.78 Å². The standard InChI is InChI=1S/C23H30N4O4S/c1-14-7-8-15-12-27(22(24)20(15)25-14)13-19(28)16-9-17(11-26(5)32(6,30)31)21(29)18(10-16)23(2,3)4/h7-10,24,29H,11-13H2,1-6H3. The van der Waals surface area contributed by atoms with Crippen molar-refractivity contribution in [2.45, 2.75) is 46.2 Å². The van der Waals surface area contributed by atoms with Crippen LogP contribution in [0.15, 0.2) is 24.3 Å². The molecule has 0 fully saturated rings. The Morgan fingerprint density at radius 2 is 1.94 bits per heavy atom. The van der Waals surface area contributed by atoms with E-state index in [-0.39, 0.29) is 30.5 Å². The van der Waals surface area contributed by atoms with Gasteiger partial charge in [0.25, 0.3) is 0 Å². The van der Waals surface area contributed by atoms with Crippen LogP contribution in [0.25, 0.3) is 0 Å². The molecule has 0 bridgehead atoms. The first-order valence-electron chi connectivity index (χ1n) is 10.3. The maximum absolute atomic E-state index is 13.2. The number of hydrogen-bond acceptors (Lipinski definition) is 6. The van der Waals surface area contributed by atoms with E-state index in [4.69, 9.17) is 5.41 Å². The van der Waals surface area contributed by atoms with Crippen molar-refractivity contribution in [2.75, 3.05) is 19.8 Å². The molecule has 1 aromatic heterocycles. The van der Waals surface area contributed by atoms with Crippen molar-refractivity contribution < 1.29 is 18.3 Å². The quantitative estimate of drug-likeness (QED) is 0.644. The first-order chi connectivity index (χ1) is 14.7. The molecule has 0 atom stereocenters. The van der Waals surface area contributed by atoms with Crippen LogP contribution in [0.3, 0.4) is 0 Å². The summed E-state index contributed by atoms with van der Waals surface area (Å²) in [7, 11) is -2.04. The van der Waals surface area contributed by atoms with E-state index in [1.807, 2.05) is 39.8 Å². The Bertz CT molecular complexity index is 1200. The average Bonchev–Trinajstić information content (AvgIpc) is 2.96. The molecule has 8 nitrogen and oxygen atoms in total. The number of ketones is 1. The van der Waals surface area contributed by atoms with Gasteiger partial charge in [0.1, 0.15) is 17.3 Å². The number of carbonyl (C=O) groups is 1. The summed E-state index contributed by atoms with van der Waals surface area (Å²) in [6.45, 7) is 7.98. The van der Waals surface area contributed by atoms with E-state index in [0.717, 1.165) is 21.8 Å². The van der Waals surface area contributed by atoms with E-state index in [2.05, 4.69) is 4.98 Å². The zero-order valence-electron chi connectivity index (χ0n) is 19.4. The van der Waals surface area contributed by atoms with Crippen LogP contribution in [-0.4, -0.2) is 59.2 Å². The van der Waals surface area contributed by atoms with E-state index in [1.54, 1.807) is 17.0 Å². The molecule has 0 unspecified atom stereocenters. The zero-order chi connectivity index (χ0) is 24.0. The summed E-state index contributed by atoms with van der Waals surface area (Å²) in [4.78, 5) is 19.3. The number of fused-ring (bicyclic) bond motifs is 1. The number of phenols is 1. The molecule has 9 heteroatoms. The maximum atomic E-state index is 13.2. The average molecular weight is 459 g/mol. The third-order valence-electron chi connectivity index (χ3n) is 5.63. The van der Waals surface area contributed by atoms with E-state index < -0.39 is 15.4 Å². The number of rotatable bonds is 6. The molecule has 32 heavy (non-hydrogen) atoms. The van der Waals surface area contributed by atoms with Crippen molar-refractivity contribution >= 4 is 21.6 Å². The molecule has 1 aromatic carbocycles. The summed E-state index contributed by atoms with van der Waals surface area (Å²) in [6.07, 6.45) is 1.09. The van der Waals surface area contributed by atoms with Gasteiger partial charge in [-0.25, -0.2) is 17.7 Å². The molecule has 0 radical (unpaired) electrons. The van der Waals surface area contributed by atoms with Crippen LogP contribution in [0, 0.1) is 12.3 Å². The number of amidine groups is 1. The molecule has 1 aliphatic heterocycles. The van der Waals surface area contributed by atoms with Gasteiger partial charge in [0, 0.05) is 48.1 Å². The smallest absolute Gasteiger partial charge is 0.211 e. The minimum Gasteiger partial charge on any atom is -0.507 e. The fourth-order valence-corrected chi connectivity index (χ4v) is 4.03. The number of phenolic OH excluding ortho intramolecular Hbond substituents is 1. The highest BCUT2D eigenvalue weighted by atomic mass is 32.2. The van der Waals surface area contributed by atoms with E-state index >= 15 is 0 Å². The molecular weight excluding hydrogens is 428 g/mol. The monoisotopic (exact) mass is 458 g/mol. The van der Waals surface area contributed by atoms with Crippen LogP contribution in [0.4, 0.5) is 0 Å². The number of sulfonamides is 1. The number of aryl methyl sites for hydroxylation is 1. The second-order valence-corrected chi connectivity index (χ2v) is 11.5. The summed E-state index contributed by atoms with van der Waals surface area (Å²) < 4.78 is 24.9. The number of carbonyl (C=O) groups excluding carboxylic acids is 1. The Kier molecular flexibility index (Phi) is 6.19. The summed E-state index contributed by atoms with van der Waals surface area (Å²) in [5.41, 5.74) is 3.16. The third-order valence-corrected chi connectivity index (χ3v) is 6.89. The number of nitrogens with zero attached hydrogens (tertiary/aromatic N) is 3. The molecule has 0 spiro atoms. The third kappa shape index (κ3) is 4.83. The molecular formula is C23H30N4O4S. The van der Waals surface area contributed by atoms with Gasteiger partial charge in [-0.3, -0.25) is 10.2 Å². The molecule has 3 rings (SSSR count). The van der Waals surface area contributed by atoms with Gasteiger partial charge in [-0.2, -0.15) is 0 Å². The number of Topliss-reactive ketones (excluding diaryl/α,β-unsaturated/α-hetero) is 1.